The Morgan fingerprint density at radius 1 is 1.22 bits per heavy atom. The maximum atomic E-state index is 5.89. The highest BCUT2D eigenvalue weighted by Gasteiger charge is 2.20. The molecule has 0 unspecified atom stereocenters. The van der Waals surface area contributed by atoms with E-state index in [2.05, 4.69) is 41.3 Å². The molecular formula is C15H16ClN5OS. The summed E-state index contributed by atoms with van der Waals surface area (Å²) in [5, 5.41) is 13.3. The van der Waals surface area contributed by atoms with Crippen molar-refractivity contribution in [1.29, 1.82) is 0 Å². The Labute approximate surface area is 143 Å². The molecule has 6 nitrogen and oxygen atoms in total. The molecule has 3 rings (SSSR count). The van der Waals surface area contributed by atoms with Gasteiger partial charge in [-0.25, -0.2) is 9.67 Å². The molecule has 120 valence electrons. The Kier molecular flexibility index (Phi) is 4.41. The average molecular weight is 350 g/mol. The maximum Gasteiger partial charge on any atom is 0.210 e. The molecule has 0 N–H and O–H groups in total. The molecule has 0 radical (unpaired) electrons. The van der Waals surface area contributed by atoms with Crippen LogP contribution in [0.3, 0.4) is 0 Å². The second kappa shape index (κ2) is 6.33. The molecule has 0 saturated heterocycles. The fourth-order valence-corrected chi connectivity index (χ4v) is 2.98. The number of oxazole rings is 1. The molecule has 1 aromatic carbocycles. The Morgan fingerprint density at radius 3 is 2.65 bits per heavy atom. The van der Waals surface area contributed by atoms with Crippen LogP contribution in [-0.2, 0) is 11.3 Å². The predicted octanol–water partition coefficient (Wildman–Crippen LogP) is 4.03. The fraction of sp³-hybridized carbons (Fsp3) is 0.333. The number of benzene rings is 1. The molecule has 0 fully saturated rings. The normalized spacial score (nSPS) is 11.8. The van der Waals surface area contributed by atoms with E-state index >= 15 is 0 Å². The van der Waals surface area contributed by atoms with Crippen LogP contribution < -0.4 is 0 Å². The Bertz CT molecular complexity index is 791. The van der Waals surface area contributed by atoms with Crippen LogP contribution in [0.2, 0.25) is 5.02 Å². The quantitative estimate of drug-likeness (QED) is 0.662. The molecule has 0 aliphatic carbocycles. The minimum Gasteiger partial charge on any atom is -0.440 e. The number of thioether (sulfide) groups is 1. The molecular weight excluding hydrogens is 334 g/mol. The first-order valence-electron chi connectivity index (χ1n) is 7.06. The van der Waals surface area contributed by atoms with Gasteiger partial charge in [-0.05, 0) is 55.5 Å². The standard InChI is InChI=1S/C15H16ClN5OS/c1-15(2,3)21-14(18-19-20-21)23-9-13-17-8-12(22-13)10-4-6-11(16)7-5-10/h4-8H,9H2,1-3H3. The van der Waals surface area contributed by atoms with Crippen LogP contribution in [0, 0.1) is 0 Å². The van der Waals surface area contributed by atoms with Crippen molar-refractivity contribution in [1.82, 2.24) is 25.2 Å². The van der Waals surface area contributed by atoms with Crippen molar-refractivity contribution >= 4 is 23.4 Å². The number of hydrogen-bond donors (Lipinski definition) is 0. The smallest absolute Gasteiger partial charge is 0.210 e. The average Bonchev–Trinajstić information content (AvgIpc) is 3.14. The third-order valence-electron chi connectivity index (χ3n) is 3.08. The van der Waals surface area contributed by atoms with Crippen molar-refractivity contribution in [2.75, 3.05) is 0 Å². The van der Waals surface area contributed by atoms with E-state index in [9.17, 15) is 0 Å². The van der Waals surface area contributed by atoms with Crippen molar-refractivity contribution in [2.24, 2.45) is 0 Å². The lowest BCUT2D eigenvalue weighted by Gasteiger charge is -2.19. The molecule has 0 aliphatic heterocycles. The van der Waals surface area contributed by atoms with E-state index in [0.717, 1.165) is 10.7 Å². The van der Waals surface area contributed by atoms with Gasteiger partial charge < -0.3 is 4.42 Å². The van der Waals surface area contributed by atoms with Crippen LogP contribution in [0.15, 0.2) is 40.0 Å². The lowest BCUT2D eigenvalue weighted by atomic mass is 10.1. The van der Waals surface area contributed by atoms with Crippen molar-refractivity contribution in [3.8, 4) is 11.3 Å². The highest BCUT2D eigenvalue weighted by Crippen LogP contribution is 2.27. The number of nitrogens with zero attached hydrogens (tertiary/aromatic N) is 5. The van der Waals surface area contributed by atoms with Gasteiger partial charge in [-0.3, -0.25) is 0 Å². The summed E-state index contributed by atoms with van der Waals surface area (Å²) in [5.41, 5.74) is 0.773. The van der Waals surface area contributed by atoms with Crippen molar-refractivity contribution in [2.45, 2.75) is 37.2 Å². The number of hydrogen-bond acceptors (Lipinski definition) is 6. The third kappa shape index (κ3) is 3.73. The molecule has 0 aliphatic rings. The Morgan fingerprint density at radius 2 is 1.96 bits per heavy atom. The zero-order valence-electron chi connectivity index (χ0n) is 13.0. The highest BCUT2D eigenvalue weighted by molar-refractivity contribution is 7.98. The minimum absolute atomic E-state index is 0.170. The van der Waals surface area contributed by atoms with Gasteiger partial charge in [0.2, 0.25) is 11.0 Å². The van der Waals surface area contributed by atoms with E-state index in [0.29, 0.717) is 22.4 Å². The number of tetrazole rings is 1. The molecule has 0 atom stereocenters. The van der Waals surface area contributed by atoms with Gasteiger partial charge in [0.1, 0.15) is 0 Å². The second-order valence-corrected chi connectivity index (χ2v) is 7.34. The van der Waals surface area contributed by atoms with Gasteiger partial charge >= 0.3 is 0 Å². The summed E-state index contributed by atoms with van der Waals surface area (Å²) < 4.78 is 7.57. The molecule has 0 saturated carbocycles. The first-order chi connectivity index (χ1) is 10.9. The van der Waals surface area contributed by atoms with Crippen LogP contribution in [0.25, 0.3) is 11.3 Å². The minimum atomic E-state index is -0.170. The van der Waals surface area contributed by atoms with Crippen LogP contribution in [-0.4, -0.2) is 25.2 Å². The van der Waals surface area contributed by atoms with Crippen LogP contribution >= 0.6 is 23.4 Å². The molecule has 2 heterocycles. The summed E-state index contributed by atoms with van der Waals surface area (Å²) in [7, 11) is 0. The lowest BCUT2D eigenvalue weighted by molar-refractivity contribution is 0.321. The van der Waals surface area contributed by atoms with Gasteiger partial charge in [0.15, 0.2) is 5.76 Å². The summed E-state index contributed by atoms with van der Waals surface area (Å²) in [6, 6.07) is 7.45. The number of halogens is 1. The molecule has 2 aromatic heterocycles. The summed E-state index contributed by atoms with van der Waals surface area (Å²) in [6.07, 6.45) is 1.71. The topological polar surface area (TPSA) is 69.6 Å². The maximum absolute atomic E-state index is 5.89. The first-order valence-corrected chi connectivity index (χ1v) is 8.42. The van der Waals surface area contributed by atoms with Crippen LogP contribution in [0.1, 0.15) is 26.7 Å². The van der Waals surface area contributed by atoms with Crippen molar-refractivity contribution in [3.05, 3.63) is 41.4 Å². The van der Waals surface area contributed by atoms with Crippen LogP contribution in [0.4, 0.5) is 0 Å². The summed E-state index contributed by atoms with van der Waals surface area (Å²) in [6.45, 7) is 6.16. The van der Waals surface area contributed by atoms with E-state index in [1.165, 1.54) is 11.8 Å². The fourth-order valence-electron chi connectivity index (χ4n) is 1.94. The van der Waals surface area contributed by atoms with E-state index < -0.39 is 0 Å². The van der Waals surface area contributed by atoms with Gasteiger partial charge in [-0.1, -0.05) is 23.4 Å². The van der Waals surface area contributed by atoms with E-state index in [4.69, 9.17) is 16.0 Å². The third-order valence-corrected chi connectivity index (χ3v) is 4.24. The van der Waals surface area contributed by atoms with Gasteiger partial charge in [-0.2, -0.15) is 0 Å². The van der Waals surface area contributed by atoms with Gasteiger partial charge in [0.25, 0.3) is 0 Å². The predicted molar refractivity (Wildman–Crippen MR) is 89.3 cm³/mol. The number of rotatable bonds is 4. The summed E-state index contributed by atoms with van der Waals surface area (Å²) in [5.74, 6) is 1.90. The molecule has 0 spiro atoms. The molecule has 23 heavy (non-hydrogen) atoms. The molecule has 0 bridgehead atoms. The van der Waals surface area contributed by atoms with E-state index in [1.807, 2.05) is 24.3 Å². The highest BCUT2D eigenvalue weighted by atomic mass is 35.5. The first kappa shape index (κ1) is 16.0. The lowest BCUT2D eigenvalue weighted by Crippen LogP contribution is -2.24. The summed E-state index contributed by atoms with van der Waals surface area (Å²) in [4.78, 5) is 4.31. The van der Waals surface area contributed by atoms with Crippen molar-refractivity contribution < 1.29 is 4.42 Å². The molecule has 3 aromatic rings. The van der Waals surface area contributed by atoms with Gasteiger partial charge in [0.05, 0.1) is 17.5 Å². The monoisotopic (exact) mass is 349 g/mol. The summed E-state index contributed by atoms with van der Waals surface area (Å²) >= 11 is 7.39. The number of aromatic nitrogens is 5. The zero-order chi connectivity index (χ0) is 16.4. The largest absolute Gasteiger partial charge is 0.440 e. The SMILES string of the molecule is CC(C)(C)n1nnnc1SCc1ncc(-c2ccc(Cl)cc2)o1. The van der Waals surface area contributed by atoms with Crippen molar-refractivity contribution in [3.63, 3.8) is 0 Å². The van der Waals surface area contributed by atoms with Gasteiger partial charge in [-0.15, -0.1) is 5.10 Å². The second-order valence-electron chi connectivity index (χ2n) is 5.96. The van der Waals surface area contributed by atoms with E-state index in [1.54, 1.807) is 10.9 Å². The van der Waals surface area contributed by atoms with Crippen LogP contribution in [0.5, 0.6) is 0 Å². The molecule has 8 heteroatoms. The van der Waals surface area contributed by atoms with Gasteiger partial charge in [0, 0.05) is 10.6 Å². The zero-order valence-corrected chi connectivity index (χ0v) is 14.6. The Hall–Kier alpha value is -1.86. The van der Waals surface area contributed by atoms with E-state index in [-0.39, 0.29) is 5.54 Å². The Balaban J connectivity index is 1.71. The molecule has 0 amide bonds.